The van der Waals surface area contributed by atoms with Crippen molar-refractivity contribution < 1.29 is 45.2 Å². The molecule has 0 bridgehead atoms. The van der Waals surface area contributed by atoms with Crippen LogP contribution in [0.5, 0.6) is 0 Å². The average Bonchev–Trinajstić information content (AvgIpc) is 2.75. The normalized spacial score (nSPS) is 16.8. The zero-order chi connectivity index (χ0) is 9.97. The van der Waals surface area contributed by atoms with Gasteiger partial charge in [-0.3, -0.25) is 0 Å². The van der Waals surface area contributed by atoms with Crippen molar-refractivity contribution >= 4 is 5.43 Å². The molecule has 2 aliphatic rings. The maximum absolute atomic E-state index is 2.51. The SMILES string of the molecule is C[Si](C)=[Zr+2]([CH]1C=CC=C1)[CH]1C=CC=C1.[Cl-].[Cl-]. The molecule has 0 atom stereocenters. The minimum Gasteiger partial charge on any atom is -1.00 e. The van der Waals surface area contributed by atoms with E-state index >= 15 is 0 Å². The second-order valence-corrected chi connectivity index (χ2v) is 22.4. The molecule has 0 radical (unpaired) electrons. The number of hydrogen-bond acceptors (Lipinski definition) is 0. The van der Waals surface area contributed by atoms with Crippen LogP contribution in [0.2, 0.25) is 20.3 Å². The van der Waals surface area contributed by atoms with Crippen LogP contribution in [0.1, 0.15) is 0 Å². The van der Waals surface area contributed by atoms with Crippen LogP contribution < -0.4 is 24.8 Å². The molecule has 0 amide bonds. The first-order chi connectivity index (χ1) is 6.79. The van der Waals surface area contributed by atoms with Gasteiger partial charge in [0.2, 0.25) is 0 Å². The van der Waals surface area contributed by atoms with Gasteiger partial charge in [0.1, 0.15) is 0 Å². The Bertz CT molecular complexity index is 322. The molecule has 0 saturated heterocycles. The van der Waals surface area contributed by atoms with Gasteiger partial charge in [-0.05, 0) is 0 Å². The summed E-state index contributed by atoms with van der Waals surface area (Å²) < 4.78 is 1.75. The summed E-state index contributed by atoms with van der Waals surface area (Å²) in [6, 6.07) is 0. The maximum Gasteiger partial charge on any atom is -1.00 e. The van der Waals surface area contributed by atoms with Crippen LogP contribution >= 0.6 is 0 Å². The molecule has 0 spiro atoms. The first kappa shape index (κ1) is 16.6. The van der Waals surface area contributed by atoms with Gasteiger partial charge in [0.25, 0.3) is 0 Å². The molecule has 0 N–H and O–H groups in total. The van der Waals surface area contributed by atoms with Crippen LogP contribution in [0.3, 0.4) is 0 Å². The Morgan fingerprint density at radius 3 is 1.31 bits per heavy atom. The fraction of sp³-hybridized carbons (Fsp3) is 0.333. The maximum atomic E-state index is 2.51. The quantitative estimate of drug-likeness (QED) is 0.491. The van der Waals surface area contributed by atoms with E-state index in [1.54, 1.807) is 0 Å². The van der Waals surface area contributed by atoms with Crippen LogP contribution in [0.15, 0.2) is 48.6 Å². The van der Waals surface area contributed by atoms with Gasteiger partial charge >= 0.3 is 94.8 Å². The topological polar surface area (TPSA) is 0 Å². The minimum absolute atomic E-state index is 0. The summed E-state index contributed by atoms with van der Waals surface area (Å²) in [5.74, 6) is 0. The monoisotopic (exact) mass is 348 g/mol. The van der Waals surface area contributed by atoms with Crippen LogP contribution in [-0.4, -0.2) is 5.43 Å². The third kappa shape index (κ3) is 3.84. The fourth-order valence-corrected chi connectivity index (χ4v) is 19.8. The van der Waals surface area contributed by atoms with Gasteiger partial charge in [0, 0.05) is 0 Å². The van der Waals surface area contributed by atoms with Crippen LogP contribution in [0, 0.1) is 0 Å². The Kier molecular flexibility index (Phi) is 8.18. The van der Waals surface area contributed by atoms with Gasteiger partial charge in [-0.15, -0.1) is 0 Å². The summed E-state index contributed by atoms with van der Waals surface area (Å²) in [5.41, 5.74) is -0.0472. The van der Waals surface area contributed by atoms with Crippen LogP contribution in [0.4, 0.5) is 0 Å². The Labute approximate surface area is 119 Å². The van der Waals surface area contributed by atoms with Crippen molar-refractivity contribution in [2.24, 2.45) is 0 Å². The predicted octanol–water partition coefficient (Wildman–Crippen LogP) is -2.31. The number of hydrogen-bond donors (Lipinski definition) is 0. The van der Waals surface area contributed by atoms with Crippen molar-refractivity contribution in [3.63, 3.8) is 0 Å². The van der Waals surface area contributed by atoms with E-state index in [-0.39, 0.29) is 30.2 Å². The average molecular weight is 350 g/mol. The second-order valence-electron chi connectivity index (χ2n) is 4.05. The number of halogens is 2. The summed E-state index contributed by atoms with van der Waals surface area (Å²) in [6.45, 7) is 5.03. The molecule has 0 unspecified atom stereocenters. The van der Waals surface area contributed by atoms with Crippen molar-refractivity contribution in [2.75, 3.05) is 0 Å². The Balaban J connectivity index is 0.00000112. The Hall–Kier alpha value is 0.640. The van der Waals surface area contributed by atoms with Gasteiger partial charge in [-0.25, -0.2) is 0 Å². The van der Waals surface area contributed by atoms with Gasteiger partial charge < -0.3 is 24.8 Å². The summed E-state index contributed by atoms with van der Waals surface area (Å²) in [6.07, 6.45) is 18.7. The van der Waals surface area contributed by atoms with Gasteiger partial charge in [0.15, 0.2) is 0 Å². The molecule has 86 valence electrons. The van der Waals surface area contributed by atoms with E-state index in [1.165, 1.54) is 0 Å². The van der Waals surface area contributed by atoms with Crippen molar-refractivity contribution in [1.82, 2.24) is 0 Å². The summed E-state index contributed by atoms with van der Waals surface area (Å²) in [7, 11) is 0. The second kappa shape index (κ2) is 7.87. The first-order valence-electron chi connectivity index (χ1n) is 5.16. The third-order valence-electron chi connectivity index (χ3n) is 2.79. The molecule has 4 heteroatoms. The summed E-state index contributed by atoms with van der Waals surface area (Å²) in [4.78, 5) is 0. The molecular weight excluding hydrogens is 334 g/mol. The molecule has 2 aliphatic carbocycles. The fourth-order valence-electron chi connectivity index (χ4n) is 2.17. The molecular formula is C12H16Cl2SiZr. The Morgan fingerprint density at radius 1 is 0.750 bits per heavy atom. The largest absolute Gasteiger partial charge is 1.00 e. The smallest absolute Gasteiger partial charge is 1.00 e. The molecule has 0 aromatic rings. The first-order valence-corrected chi connectivity index (χ1v) is 14.2. The molecule has 0 fully saturated rings. The molecule has 2 rings (SSSR count). The van der Waals surface area contributed by atoms with Crippen molar-refractivity contribution in [3.05, 3.63) is 48.6 Å². The zero-order valence-electron chi connectivity index (χ0n) is 9.53. The van der Waals surface area contributed by atoms with E-state index in [9.17, 15) is 0 Å². The van der Waals surface area contributed by atoms with Crippen molar-refractivity contribution in [2.45, 2.75) is 20.3 Å². The van der Waals surface area contributed by atoms with Crippen LogP contribution in [0.25, 0.3) is 0 Å². The molecule has 0 saturated carbocycles. The van der Waals surface area contributed by atoms with E-state index < -0.39 is 20.4 Å². The molecule has 0 aromatic carbocycles. The standard InChI is InChI=1S/2C5H5.C2H6Si.2ClH.Zr/c2*1-2-4-5-3-1;1-3-2;;;/h2*1-5H;1-2H3;2*1H;/q;;;;;+2/p-2. The van der Waals surface area contributed by atoms with E-state index in [2.05, 4.69) is 61.7 Å². The van der Waals surface area contributed by atoms with Crippen LogP contribution in [-0.2, 0) is 20.4 Å². The van der Waals surface area contributed by atoms with E-state index in [0.29, 0.717) is 0 Å². The molecule has 0 heterocycles. The molecule has 0 aromatic heterocycles. The molecule has 0 nitrogen and oxygen atoms in total. The third-order valence-corrected chi connectivity index (χ3v) is 21.8. The van der Waals surface area contributed by atoms with Crippen molar-refractivity contribution in [3.8, 4) is 0 Å². The molecule has 0 aliphatic heterocycles. The van der Waals surface area contributed by atoms with Gasteiger partial charge in [-0.2, -0.15) is 0 Å². The predicted molar refractivity (Wildman–Crippen MR) is 61.5 cm³/mol. The molecule has 16 heavy (non-hydrogen) atoms. The van der Waals surface area contributed by atoms with E-state index in [4.69, 9.17) is 0 Å². The van der Waals surface area contributed by atoms with Gasteiger partial charge in [-0.1, -0.05) is 0 Å². The zero-order valence-corrected chi connectivity index (χ0v) is 14.5. The number of rotatable bonds is 2. The van der Waals surface area contributed by atoms with Gasteiger partial charge in [0.05, 0.1) is 0 Å². The minimum atomic E-state index is -1.27. The summed E-state index contributed by atoms with van der Waals surface area (Å²) in [5, 5.41) is 0. The number of allylic oxidation sites excluding steroid dienone is 8. The Morgan fingerprint density at radius 2 is 1.06 bits per heavy atom. The van der Waals surface area contributed by atoms with Crippen molar-refractivity contribution in [1.29, 1.82) is 0 Å². The van der Waals surface area contributed by atoms with E-state index in [1.807, 2.05) is 0 Å². The summed E-state index contributed by atoms with van der Waals surface area (Å²) >= 11 is -1.27. The van der Waals surface area contributed by atoms with E-state index in [0.717, 1.165) is 7.25 Å².